The molecular weight excluding hydrogens is 306 g/mol. The van der Waals surface area contributed by atoms with Gasteiger partial charge in [-0.25, -0.2) is 4.18 Å². The summed E-state index contributed by atoms with van der Waals surface area (Å²) < 4.78 is 47.2. The van der Waals surface area contributed by atoms with Gasteiger partial charge in [0.25, 0.3) is 0 Å². The highest BCUT2D eigenvalue weighted by Gasteiger charge is 2.00. The van der Waals surface area contributed by atoms with E-state index in [0.717, 1.165) is 19.4 Å². The monoisotopic (exact) mass is 329 g/mol. The van der Waals surface area contributed by atoms with Crippen molar-refractivity contribution in [2.24, 2.45) is 0 Å². The molecule has 0 aliphatic rings. The Morgan fingerprint density at radius 1 is 1.25 bits per heavy atom. The van der Waals surface area contributed by atoms with Crippen molar-refractivity contribution in [3.05, 3.63) is 25.3 Å². The third kappa shape index (κ3) is 30.3. The van der Waals surface area contributed by atoms with Crippen molar-refractivity contribution in [1.82, 2.24) is 5.32 Å². The molecule has 0 atom stereocenters. The van der Waals surface area contributed by atoms with Gasteiger partial charge in [-0.3, -0.25) is 4.55 Å². The average molecular weight is 329 g/mol. The SMILES string of the molecule is C=CCC(CC=C)NCC.CCOS(=O)(=O)O.O=S=O. The fraction of sp³-hybridized carbons (Fsp3) is 0.636. The Labute approximate surface area is 124 Å². The first kappa shape index (κ1) is 24.2. The van der Waals surface area contributed by atoms with Crippen molar-refractivity contribution in [2.75, 3.05) is 13.2 Å². The van der Waals surface area contributed by atoms with Crippen molar-refractivity contribution in [3.63, 3.8) is 0 Å². The molecule has 20 heavy (non-hydrogen) atoms. The van der Waals surface area contributed by atoms with Gasteiger partial charge < -0.3 is 5.32 Å². The lowest BCUT2D eigenvalue weighted by Crippen LogP contribution is -2.27. The van der Waals surface area contributed by atoms with Crippen molar-refractivity contribution in [2.45, 2.75) is 32.7 Å². The second kappa shape index (κ2) is 18.1. The summed E-state index contributed by atoms with van der Waals surface area (Å²) >= 11 is -0.750. The zero-order valence-electron chi connectivity index (χ0n) is 11.8. The van der Waals surface area contributed by atoms with Gasteiger partial charge in [-0.2, -0.15) is 16.8 Å². The van der Waals surface area contributed by atoms with Crippen LogP contribution in [0.25, 0.3) is 0 Å². The Morgan fingerprint density at radius 3 is 1.80 bits per heavy atom. The quantitative estimate of drug-likeness (QED) is 0.509. The molecule has 0 fully saturated rings. The third-order valence-electron chi connectivity index (χ3n) is 1.66. The molecule has 0 amide bonds. The molecule has 120 valence electrons. The van der Waals surface area contributed by atoms with Crippen LogP contribution in [0.1, 0.15) is 26.7 Å². The van der Waals surface area contributed by atoms with E-state index in [4.69, 9.17) is 13.0 Å². The minimum absolute atomic E-state index is 0.0289. The molecule has 0 saturated heterocycles. The smallest absolute Gasteiger partial charge is 0.314 e. The number of nitrogens with one attached hydrogen (secondary N) is 1. The lowest BCUT2D eigenvalue weighted by Gasteiger charge is -2.12. The van der Waals surface area contributed by atoms with Crippen LogP contribution in [0.5, 0.6) is 0 Å². The first-order valence-corrected chi connectivity index (χ1v) is 7.84. The van der Waals surface area contributed by atoms with Gasteiger partial charge >= 0.3 is 22.0 Å². The highest BCUT2D eigenvalue weighted by Crippen LogP contribution is 1.98. The van der Waals surface area contributed by atoms with Crippen molar-refractivity contribution < 1.29 is 25.6 Å². The molecule has 0 aliphatic heterocycles. The van der Waals surface area contributed by atoms with Gasteiger partial charge in [0, 0.05) is 6.04 Å². The minimum Gasteiger partial charge on any atom is -0.314 e. The Bertz CT molecular complexity index is 353. The molecule has 0 spiro atoms. The summed E-state index contributed by atoms with van der Waals surface area (Å²) in [6.07, 6.45) is 5.94. The Kier molecular flexibility index (Phi) is 21.9. The maximum absolute atomic E-state index is 9.56. The molecule has 0 heterocycles. The van der Waals surface area contributed by atoms with Gasteiger partial charge in [0.15, 0.2) is 0 Å². The van der Waals surface area contributed by atoms with E-state index >= 15 is 0 Å². The largest absolute Gasteiger partial charge is 0.397 e. The molecule has 0 radical (unpaired) electrons. The molecule has 9 heteroatoms. The zero-order chi connectivity index (χ0) is 16.4. The van der Waals surface area contributed by atoms with Gasteiger partial charge in [-0.05, 0) is 26.3 Å². The van der Waals surface area contributed by atoms with Crippen LogP contribution >= 0.6 is 0 Å². The normalized spacial score (nSPS) is 9.60. The average Bonchev–Trinajstić information content (AvgIpc) is 2.30. The van der Waals surface area contributed by atoms with E-state index in [2.05, 4.69) is 29.6 Å². The first-order valence-electron chi connectivity index (χ1n) is 5.81. The van der Waals surface area contributed by atoms with Crippen LogP contribution in [-0.2, 0) is 26.2 Å². The van der Waals surface area contributed by atoms with Gasteiger partial charge in [-0.1, -0.05) is 19.1 Å². The van der Waals surface area contributed by atoms with Crippen LogP contribution < -0.4 is 5.32 Å². The molecule has 0 saturated carbocycles. The molecule has 7 nitrogen and oxygen atoms in total. The standard InChI is InChI=1S/C9H17N.C2H6O4S.O2S/c1-4-7-9(8-5-2)10-6-3;1-2-6-7(3,4)5;1-3-2/h4-5,9-10H,1-2,6-8H2,3H3;2H2,1H3,(H,3,4,5);. The lowest BCUT2D eigenvalue weighted by molar-refractivity contribution is 0.283. The predicted molar refractivity (Wildman–Crippen MR) is 79.2 cm³/mol. The zero-order valence-corrected chi connectivity index (χ0v) is 13.4. The van der Waals surface area contributed by atoms with Gasteiger partial charge in [0.2, 0.25) is 0 Å². The number of hydrogen-bond acceptors (Lipinski definition) is 6. The van der Waals surface area contributed by atoms with E-state index < -0.39 is 22.0 Å². The molecule has 0 aromatic rings. The second-order valence-electron chi connectivity index (χ2n) is 3.21. The molecular formula is C11H23NO6S2. The highest BCUT2D eigenvalue weighted by atomic mass is 32.3. The number of rotatable bonds is 8. The van der Waals surface area contributed by atoms with Crippen LogP contribution in [0.2, 0.25) is 0 Å². The molecule has 0 bridgehead atoms. The highest BCUT2D eigenvalue weighted by molar-refractivity contribution is 7.80. The van der Waals surface area contributed by atoms with E-state index in [1.165, 1.54) is 6.92 Å². The van der Waals surface area contributed by atoms with Gasteiger partial charge in [0.05, 0.1) is 6.61 Å². The molecule has 0 aliphatic carbocycles. The summed E-state index contributed by atoms with van der Waals surface area (Å²) in [7, 11) is -4.17. The van der Waals surface area contributed by atoms with E-state index in [1.807, 2.05) is 12.2 Å². The second-order valence-corrected chi connectivity index (χ2v) is 4.43. The lowest BCUT2D eigenvalue weighted by atomic mass is 10.1. The summed E-state index contributed by atoms with van der Waals surface area (Å²) in [6.45, 7) is 11.9. The number of hydrogen-bond donors (Lipinski definition) is 2. The van der Waals surface area contributed by atoms with Crippen molar-refractivity contribution >= 4 is 22.0 Å². The third-order valence-corrected chi connectivity index (χ3v) is 2.20. The van der Waals surface area contributed by atoms with Crippen molar-refractivity contribution in [3.8, 4) is 0 Å². The Balaban J connectivity index is -0.000000251. The van der Waals surface area contributed by atoms with Crippen molar-refractivity contribution in [1.29, 1.82) is 0 Å². The Morgan fingerprint density at radius 2 is 1.65 bits per heavy atom. The van der Waals surface area contributed by atoms with E-state index in [-0.39, 0.29) is 6.61 Å². The van der Waals surface area contributed by atoms with Crippen LogP contribution in [-0.4, -0.2) is 40.6 Å². The van der Waals surface area contributed by atoms with Gasteiger partial charge in [0.1, 0.15) is 0 Å². The summed E-state index contributed by atoms with van der Waals surface area (Å²) in [4.78, 5) is 0. The molecule has 0 aromatic carbocycles. The molecule has 0 aromatic heterocycles. The first-order chi connectivity index (χ1) is 9.32. The topological polar surface area (TPSA) is 110 Å². The van der Waals surface area contributed by atoms with Crippen LogP contribution in [0.15, 0.2) is 25.3 Å². The summed E-state index contributed by atoms with van der Waals surface area (Å²) in [5, 5.41) is 3.34. The van der Waals surface area contributed by atoms with E-state index in [9.17, 15) is 8.42 Å². The minimum atomic E-state index is -4.17. The maximum atomic E-state index is 9.56. The van der Waals surface area contributed by atoms with Gasteiger partial charge in [-0.15, -0.1) is 13.2 Å². The fourth-order valence-electron chi connectivity index (χ4n) is 1.10. The molecule has 0 rings (SSSR count). The predicted octanol–water partition coefficient (Wildman–Crippen LogP) is 1.27. The summed E-state index contributed by atoms with van der Waals surface area (Å²) in [6, 6.07) is 0.542. The summed E-state index contributed by atoms with van der Waals surface area (Å²) in [5.74, 6) is 0. The summed E-state index contributed by atoms with van der Waals surface area (Å²) in [5.41, 5.74) is 0. The maximum Gasteiger partial charge on any atom is 0.397 e. The Hall–Kier alpha value is -0.870. The van der Waals surface area contributed by atoms with Crippen LogP contribution in [0.4, 0.5) is 0 Å². The fourth-order valence-corrected chi connectivity index (χ4v) is 1.40. The van der Waals surface area contributed by atoms with Crippen LogP contribution in [0.3, 0.4) is 0 Å². The van der Waals surface area contributed by atoms with Crippen LogP contribution in [0, 0.1) is 0 Å². The molecule has 0 unspecified atom stereocenters. The van der Waals surface area contributed by atoms with E-state index in [1.54, 1.807) is 0 Å². The van der Waals surface area contributed by atoms with E-state index in [0.29, 0.717) is 6.04 Å². The molecule has 2 N–H and O–H groups in total.